The number of hydrogen-bond acceptors (Lipinski definition) is 8. The minimum absolute atomic E-state index is 0. The second-order valence-corrected chi connectivity index (χ2v) is 37.9. The van der Waals surface area contributed by atoms with Crippen molar-refractivity contribution in [2.45, 2.75) is 49.7 Å². The highest BCUT2D eigenvalue weighted by atomic mass is 79.9. The maximum atomic E-state index is 6.79. The van der Waals surface area contributed by atoms with E-state index in [9.17, 15) is 0 Å². The van der Waals surface area contributed by atoms with E-state index >= 15 is 0 Å². The molecule has 0 spiro atoms. The van der Waals surface area contributed by atoms with E-state index in [1.54, 1.807) is 0 Å². The highest BCUT2D eigenvalue weighted by molar-refractivity contribution is 9.10. The van der Waals surface area contributed by atoms with Crippen LogP contribution in [0.4, 0.5) is 0 Å². The Morgan fingerprint density at radius 2 is 0.461 bits per heavy atom. The number of halogens is 1. The van der Waals surface area contributed by atoms with Crippen molar-refractivity contribution < 1.29 is 9.31 Å². The molecule has 20 aromatic carbocycles. The Morgan fingerprint density at radius 1 is 0.191 bits per heavy atom. The lowest BCUT2D eigenvalue weighted by molar-refractivity contribution is 0.00578. The Kier molecular flexibility index (Phi) is 24.2. The summed E-state index contributed by atoms with van der Waals surface area (Å²) >= 11 is 3.56. The van der Waals surface area contributed by atoms with E-state index in [1.165, 1.54) is 105 Å². The number of benzene rings is 20. The van der Waals surface area contributed by atoms with E-state index in [-0.39, 0.29) is 8.41 Å². The van der Waals surface area contributed by atoms with E-state index in [0.717, 1.165) is 82.3 Å². The van der Waals surface area contributed by atoms with E-state index in [0.29, 0.717) is 34.9 Å². The Balaban J connectivity index is 0.000000130. The lowest BCUT2D eigenvalue weighted by Gasteiger charge is -2.34. The smallest absolute Gasteiger partial charge is 0.399 e. The van der Waals surface area contributed by atoms with E-state index in [2.05, 4.69) is 395 Å². The molecule has 0 saturated carbocycles. The van der Waals surface area contributed by atoms with Crippen molar-refractivity contribution in [2.24, 2.45) is 0 Å². The molecular formula is C130H94B2BrN6O2. The molecule has 0 N–H and O–H groups in total. The van der Waals surface area contributed by atoms with Crippen LogP contribution in [0.2, 0.25) is 0 Å². The molecule has 3 heterocycles. The maximum absolute atomic E-state index is 6.79. The fraction of sp³-hybridized carbons (Fsp3) is 0.0615. The van der Waals surface area contributed by atoms with Crippen molar-refractivity contribution in [1.29, 1.82) is 0 Å². The van der Waals surface area contributed by atoms with Crippen molar-refractivity contribution in [3.63, 3.8) is 0 Å². The van der Waals surface area contributed by atoms with Crippen molar-refractivity contribution in [3.05, 3.63) is 546 Å². The largest absolute Gasteiger partial charge is 0.495 e. The first-order valence-electron chi connectivity index (χ1n) is 47.7. The van der Waals surface area contributed by atoms with Gasteiger partial charge in [0, 0.05) is 46.3 Å². The minimum atomic E-state index is -0.529. The van der Waals surface area contributed by atoms with Crippen molar-refractivity contribution in [3.8, 4) is 146 Å². The topological polar surface area (TPSA) is 95.8 Å². The van der Waals surface area contributed by atoms with Gasteiger partial charge in [-0.2, -0.15) is 0 Å². The molecule has 8 nitrogen and oxygen atoms in total. The summed E-state index contributed by atoms with van der Waals surface area (Å²) < 4.78 is 14.6. The third kappa shape index (κ3) is 16.9. The minimum Gasteiger partial charge on any atom is -0.399 e. The summed E-state index contributed by atoms with van der Waals surface area (Å²) in [5.74, 6) is 3.90. The molecule has 1 saturated heterocycles. The molecule has 1 aliphatic heterocycles. The van der Waals surface area contributed by atoms with E-state index < -0.39 is 29.2 Å². The van der Waals surface area contributed by atoms with E-state index in [4.69, 9.17) is 39.2 Å². The standard InChI is InChI=1S/C62H41N3.C41H35BO2.C27H18BrN3.B/c1-5-20-43(21-6-1)59-63-60(44-22-7-2-8-23-44)65-61(64-59)50-28-18-26-47(39-50)46-25-17-27-48(38-46)55-41-58-56(40-54(55)49-36-35-42-19-13-14-24-45(42)37-49)53-33-15-16-34-57(53)62(58,51-29-9-3-10-30-51)52-31-11-4-12-32-52;1-39(2)40(3,4)44-42(43-39)38-27-37-35(26-34(38)30-24-23-28-15-11-12-16-29(28)25-30)33-21-13-14-22-36(33)41(37,31-17-7-5-8-18-31)32-19-9-6-10-20-32;28-24-16-8-14-22(18-24)21-13-7-15-23(17-21)27-30-25(19-9-3-1-4-10-19)29-26(31-27)20-11-5-2-6-12-20;/h1-41H;5-27H,1-4H3;1-18H;. The fourth-order valence-corrected chi connectivity index (χ4v) is 21.1. The summed E-state index contributed by atoms with van der Waals surface area (Å²) in [6.07, 6.45) is 0. The highest BCUT2D eigenvalue weighted by Crippen LogP contribution is 2.60. The molecule has 3 aliphatic rings. The highest BCUT2D eigenvalue weighted by Gasteiger charge is 2.54. The number of aromatic nitrogens is 6. The van der Waals surface area contributed by atoms with Gasteiger partial charge in [-0.1, -0.05) is 453 Å². The zero-order valence-electron chi connectivity index (χ0n) is 78.4. The second-order valence-electron chi connectivity index (χ2n) is 37.0. The van der Waals surface area contributed by atoms with Gasteiger partial charge in [0.25, 0.3) is 0 Å². The van der Waals surface area contributed by atoms with Gasteiger partial charge in [0.05, 0.1) is 22.0 Å². The molecule has 1 fully saturated rings. The van der Waals surface area contributed by atoms with Gasteiger partial charge in [-0.15, -0.1) is 0 Å². The monoisotopic (exact) mass is 1870 g/mol. The van der Waals surface area contributed by atoms with Crippen LogP contribution in [0.3, 0.4) is 0 Å². The molecule has 669 valence electrons. The van der Waals surface area contributed by atoms with Crippen LogP contribution in [0.15, 0.2) is 502 Å². The Hall–Kier alpha value is -16.5. The first-order chi connectivity index (χ1) is 68.8. The van der Waals surface area contributed by atoms with Gasteiger partial charge in [-0.25, -0.2) is 29.9 Å². The predicted octanol–water partition coefficient (Wildman–Crippen LogP) is 31.5. The zero-order valence-corrected chi connectivity index (χ0v) is 80.0. The molecule has 25 rings (SSSR count). The zero-order chi connectivity index (χ0) is 94.3. The van der Waals surface area contributed by atoms with E-state index in [1.807, 2.05) is 146 Å². The summed E-state index contributed by atoms with van der Waals surface area (Å²) in [6, 6.07) is 177. The third-order valence-electron chi connectivity index (χ3n) is 28.2. The van der Waals surface area contributed by atoms with Gasteiger partial charge in [0.15, 0.2) is 34.9 Å². The first kappa shape index (κ1) is 89.7. The average Bonchev–Trinajstić information content (AvgIpc) is 1.54. The molecule has 2 aromatic heterocycles. The molecule has 141 heavy (non-hydrogen) atoms. The van der Waals surface area contributed by atoms with Crippen LogP contribution in [0.5, 0.6) is 0 Å². The SMILES string of the molecule is Brc1cccc(-c2cccc(-c3nc(-c4ccccc4)nc(-c4ccccc4)n3)c2)c1.CC1(C)OB(c2cc3c(cc2-c2ccc4ccccc4c2)-c2ccccc2C3(c2ccccc2)c2ccccc2)OC1(C)C.[B].c1ccc(-c2nc(-c3ccccc3)nc(-c3cccc(-c4cccc(-c5cc6c(cc5-c5ccc7ccccc7c5)-c5ccccc5C6(c5ccccc5)c5ccccc5)c4)c3)n2)cc1. The van der Waals surface area contributed by atoms with Crippen LogP contribution in [-0.2, 0) is 20.1 Å². The normalized spacial score (nSPS) is 13.5. The van der Waals surface area contributed by atoms with Crippen LogP contribution in [0, 0.1) is 0 Å². The molecular weight excluding hydrogens is 1780 g/mol. The third-order valence-corrected chi connectivity index (χ3v) is 28.7. The van der Waals surface area contributed by atoms with Gasteiger partial charge in [0.1, 0.15) is 0 Å². The number of nitrogens with zero attached hydrogens (tertiary/aromatic N) is 6. The molecule has 0 amide bonds. The number of rotatable bonds is 16. The average molecular weight is 1870 g/mol. The summed E-state index contributed by atoms with van der Waals surface area (Å²) in [6.45, 7) is 8.52. The molecule has 3 radical (unpaired) electrons. The van der Waals surface area contributed by atoms with Crippen LogP contribution in [-0.4, -0.2) is 56.6 Å². The lowest BCUT2D eigenvalue weighted by atomic mass is 9.65. The summed E-state index contributed by atoms with van der Waals surface area (Å²) in [5.41, 5.74) is 31.4. The van der Waals surface area contributed by atoms with Gasteiger partial charge in [-0.05, 0) is 238 Å². The summed E-state index contributed by atoms with van der Waals surface area (Å²) in [4.78, 5) is 29.5. The van der Waals surface area contributed by atoms with Gasteiger partial charge >= 0.3 is 7.12 Å². The fourth-order valence-electron chi connectivity index (χ4n) is 20.7. The molecule has 11 heteroatoms. The molecule has 22 aromatic rings. The van der Waals surface area contributed by atoms with Crippen LogP contribution in [0.25, 0.3) is 168 Å². The Morgan fingerprint density at radius 3 is 0.844 bits per heavy atom. The van der Waals surface area contributed by atoms with Crippen molar-refractivity contribution >= 4 is 58.5 Å². The number of fused-ring (bicyclic) bond motifs is 8. The van der Waals surface area contributed by atoms with Crippen molar-refractivity contribution in [2.75, 3.05) is 0 Å². The Labute approximate surface area is 833 Å². The predicted molar refractivity (Wildman–Crippen MR) is 585 cm³/mol. The van der Waals surface area contributed by atoms with Gasteiger partial charge in [-0.3, -0.25) is 0 Å². The second kappa shape index (κ2) is 38.1. The molecule has 0 atom stereocenters. The van der Waals surface area contributed by atoms with Crippen LogP contribution >= 0.6 is 15.9 Å². The van der Waals surface area contributed by atoms with Crippen molar-refractivity contribution in [1.82, 2.24) is 29.9 Å². The number of hydrogen-bond donors (Lipinski definition) is 0. The molecule has 0 unspecified atom stereocenters. The van der Waals surface area contributed by atoms with Gasteiger partial charge < -0.3 is 9.31 Å². The Bertz CT molecular complexity index is 8180. The molecule has 2 aliphatic carbocycles. The van der Waals surface area contributed by atoms with Crippen LogP contribution in [0.1, 0.15) is 72.2 Å². The lowest BCUT2D eigenvalue weighted by Crippen LogP contribution is -2.41. The summed E-state index contributed by atoms with van der Waals surface area (Å²) in [7, 11) is -0.514. The van der Waals surface area contributed by atoms with Crippen LogP contribution < -0.4 is 5.46 Å². The quantitative estimate of drug-likeness (QED) is 0.0883. The maximum Gasteiger partial charge on any atom is 0.495 e. The molecule has 0 bridgehead atoms. The first-order valence-corrected chi connectivity index (χ1v) is 48.5. The van der Waals surface area contributed by atoms with Gasteiger partial charge in [0.2, 0.25) is 0 Å². The summed E-state index contributed by atoms with van der Waals surface area (Å²) in [5, 5.41) is 4.89.